The standard InChI is InChI=1S/C19H24N2O2/c1-13-11-15-5-2-3-6-16(15)21(12-13)19(23)17-7-4-10-20(17)18(22)14-8-9-14/h2-3,5-6,13-14,17H,4,7-12H2,1H3/t13-,17-/m1/s1. The predicted molar refractivity (Wildman–Crippen MR) is 89.1 cm³/mol. The third kappa shape index (κ3) is 2.64. The molecule has 1 saturated carbocycles. The molecule has 1 aliphatic carbocycles. The highest BCUT2D eigenvalue weighted by molar-refractivity contribution is 6.00. The van der Waals surface area contributed by atoms with E-state index in [1.54, 1.807) is 0 Å². The number of carbonyl (C=O) groups excluding carboxylic acids is 2. The van der Waals surface area contributed by atoms with E-state index in [-0.39, 0.29) is 23.8 Å². The molecule has 4 heteroatoms. The summed E-state index contributed by atoms with van der Waals surface area (Å²) < 4.78 is 0. The first-order valence-corrected chi connectivity index (χ1v) is 8.85. The fourth-order valence-corrected chi connectivity index (χ4v) is 4.04. The number of fused-ring (bicyclic) bond motifs is 1. The van der Waals surface area contributed by atoms with Gasteiger partial charge in [-0.05, 0) is 49.7 Å². The number of carbonyl (C=O) groups is 2. The van der Waals surface area contributed by atoms with Gasteiger partial charge in [0.25, 0.3) is 0 Å². The van der Waals surface area contributed by atoms with Gasteiger partial charge in [-0.1, -0.05) is 25.1 Å². The van der Waals surface area contributed by atoms with E-state index in [4.69, 9.17) is 0 Å². The molecule has 0 unspecified atom stereocenters. The summed E-state index contributed by atoms with van der Waals surface area (Å²) in [6.07, 6.45) is 4.78. The zero-order valence-electron chi connectivity index (χ0n) is 13.7. The summed E-state index contributed by atoms with van der Waals surface area (Å²) in [4.78, 5) is 29.5. The van der Waals surface area contributed by atoms with Crippen LogP contribution < -0.4 is 4.90 Å². The molecule has 4 nitrogen and oxygen atoms in total. The molecule has 1 aromatic rings. The lowest BCUT2D eigenvalue weighted by Crippen LogP contribution is -2.50. The van der Waals surface area contributed by atoms with E-state index in [1.165, 1.54) is 5.56 Å². The molecule has 0 bridgehead atoms. The largest absolute Gasteiger partial charge is 0.330 e. The Morgan fingerprint density at radius 1 is 1.09 bits per heavy atom. The Kier molecular flexibility index (Phi) is 3.63. The number of amides is 2. The van der Waals surface area contributed by atoms with Crippen molar-refractivity contribution >= 4 is 17.5 Å². The monoisotopic (exact) mass is 312 g/mol. The maximum absolute atomic E-state index is 13.2. The molecule has 2 atom stereocenters. The molecule has 4 rings (SSSR count). The van der Waals surface area contributed by atoms with Gasteiger partial charge in [0.15, 0.2) is 0 Å². The van der Waals surface area contributed by atoms with Gasteiger partial charge in [0.2, 0.25) is 11.8 Å². The minimum absolute atomic E-state index is 0.121. The van der Waals surface area contributed by atoms with Crippen molar-refractivity contribution in [3.8, 4) is 0 Å². The molecule has 2 heterocycles. The van der Waals surface area contributed by atoms with Crippen molar-refractivity contribution < 1.29 is 9.59 Å². The van der Waals surface area contributed by atoms with Gasteiger partial charge in [-0.25, -0.2) is 0 Å². The van der Waals surface area contributed by atoms with Gasteiger partial charge in [-0.2, -0.15) is 0 Å². The van der Waals surface area contributed by atoms with Crippen LogP contribution in [-0.4, -0.2) is 35.8 Å². The van der Waals surface area contributed by atoms with Crippen LogP contribution in [0, 0.1) is 11.8 Å². The van der Waals surface area contributed by atoms with E-state index in [1.807, 2.05) is 28.0 Å². The maximum Gasteiger partial charge on any atom is 0.249 e. The highest BCUT2D eigenvalue weighted by Crippen LogP contribution is 2.36. The van der Waals surface area contributed by atoms with Crippen molar-refractivity contribution in [2.45, 2.75) is 45.1 Å². The third-order valence-corrected chi connectivity index (χ3v) is 5.36. The van der Waals surface area contributed by atoms with Gasteiger partial charge >= 0.3 is 0 Å². The number of anilines is 1. The Bertz CT molecular complexity index is 638. The second-order valence-corrected chi connectivity index (χ2v) is 7.35. The van der Waals surface area contributed by atoms with Gasteiger partial charge in [0.05, 0.1) is 0 Å². The summed E-state index contributed by atoms with van der Waals surface area (Å²) in [6, 6.07) is 7.95. The topological polar surface area (TPSA) is 40.6 Å². The van der Waals surface area contributed by atoms with Gasteiger partial charge in [0, 0.05) is 24.7 Å². The Morgan fingerprint density at radius 2 is 1.87 bits per heavy atom. The third-order valence-electron chi connectivity index (χ3n) is 5.36. The van der Waals surface area contributed by atoms with E-state index in [0.717, 1.165) is 50.9 Å². The fourth-order valence-electron chi connectivity index (χ4n) is 4.04. The Labute approximate surface area is 137 Å². The average molecular weight is 312 g/mol. The molecule has 0 radical (unpaired) electrons. The van der Waals surface area contributed by atoms with Gasteiger partial charge in [0.1, 0.15) is 6.04 Å². The SMILES string of the molecule is C[C@@H]1Cc2ccccc2N(C(=O)[C@H]2CCCN2C(=O)C2CC2)C1. The van der Waals surface area contributed by atoms with Crippen LogP contribution in [-0.2, 0) is 16.0 Å². The molecular formula is C19H24N2O2. The summed E-state index contributed by atoms with van der Waals surface area (Å²) >= 11 is 0. The number of nitrogens with zero attached hydrogens (tertiary/aromatic N) is 2. The molecule has 23 heavy (non-hydrogen) atoms. The van der Waals surface area contributed by atoms with Crippen LogP contribution in [0.15, 0.2) is 24.3 Å². The molecule has 0 aromatic heterocycles. The lowest BCUT2D eigenvalue weighted by atomic mass is 9.93. The van der Waals surface area contributed by atoms with Crippen LogP contribution in [0.4, 0.5) is 5.69 Å². The molecule has 3 aliphatic rings. The Balaban J connectivity index is 1.60. The normalized spacial score (nSPS) is 27.0. The van der Waals surface area contributed by atoms with Gasteiger partial charge in [-0.15, -0.1) is 0 Å². The fraction of sp³-hybridized carbons (Fsp3) is 0.579. The van der Waals surface area contributed by atoms with E-state index >= 15 is 0 Å². The van der Waals surface area contributed by atoms with Crippen molar-refractivity contribution in [3.05, 3.63) is 29.8 Å². The molecule has 1 aromatic carbocycles. The summed E-state index contributed by atoms with van der Waals surface area (Å²) in [5.41, 5.74) is 2.29. The number of benzene rings is 1. The van der Waals surface area contributed by atoms with Crippen LogP contribution in [0.3, 0.4) is 0 Å². The van der Waals surface area contributed by atoms with Crippen molar-refractivity contribution in [2.75, 3.05) is 18.0 Å². The highest BCUT2D eigenvalue weighted by Gasteiger charge is 2.43. The van der Waals surface area contributed by atoms with Crippen LogP contribution in [0.5, 0.6) is 0 Å². The lowest BCUT2D eigenvalue weighted by molar-refractivity contribution is -0.138. The minimum Gasteiger partial charge on any atom is -0.330 e. The van der Waals surface area contributed by atoms with E-state index in [0.29, 0.717) is 5.92 Å². The predicted octanol–water partition coefficient (Wildman–Crippen LogP) is 2.61. The Hall–Kier alpha value is -1.84. The first kappa shape index (κ1) is 14.7. The summed E-state index contributed by atoms with van der Waals surface area (Å²) in [6.45, 7) is 3.70. The van der Waals surface area contributed by atoms with Crippen molar-refractivity contribution in [1.29, 1.82) is 0 Å². The lowest BCUT2D eigenvalue weighted by Gasteiger charge is -2.36. The second kappa shape index (κ2) is 5.66. The first-order chi connectivity index (χ1) is 11.1. The van der Waals surface area contributed by atoms with Crippen LogP contribution >= 0.6 is 0 Å². The molecule has 0 N–H and O–H groups in total. The first-order valence-electron chi connectivity index (χ1n) is 8.85. The van der Waals surface area contributed by atoms with Gasteiger partial charge < -0.3 is 9.80 Å². The average Bonchev–Trinajstić information content (AvgIpc) is 3.29. The van der Waals surface area contributed by atoms with Crippen LogP contribution in [0.25, 0.3) is 0 Å². The molecule has 0 spiro atoms. The second-order valence-electron chi connectivity index (χ2n) is 7.35. The van der Waals surface area contributed by atoms with Crippen LogP contribution in [0.1, 0.15) is 38.2 Å². The number of rotatable bonds is 2. The highest BCUT2D eigenvalue weighted by atomic mass is 16.2. The molecule has 122 valence electrons. The number of hydrogen-bond acceptors (Lipinski definition) is 2. The smallest absolute Gasteiger partial charge is 0.249 e. The summed E-state index contributed by atoms with van der Waals surface area (Å²) in [5, 5.41) is 0. The van der Waals surface area contributed by atoms with E-state index in [2.05, 4.69) is 13.0 Å². The van der Waals surface area contributed by atoms with Crippen molar-refractivity contribution in [3.63, 3.8) is 0 Å². The molecule has 2 aliphatic heterocycles. The number of para-hydroxylation sites is 1. The van der Waals surface area contributed by atoms with Crippen LogP contribution in [0.2, 0.25) is 0 Å². The molecule has 2 fully saturated rings. The van der Waals surface area contributed by atoms with Crippen molar-refractivity contribution in [2.24, 2.45) is 11.8 Å². The number of likely N-dealkylation sites (tertiary alicyclic amines) is 1. The van der Waals surface area contributed by atoms with Gasteiger partial charge in [-0.3, -0.25) is 9.59 Å². The number of hydrogen-bond donors (Lipinski definition) is 0. The molecule has 1 saturated heterocycles. The van der Waals surface area contributed by atoms with E-state index in [9.17, 15) is 9.59 Å². The summed E-state index contributed by atoms with van der Waals surface area (Å²) in [7, 11) is 0. The minimum atomic E-state index is -0.249. The Morgan fingerprint density at radius 3 is 2.65 bits per heavy atom. The maximum atomic E-state index is 13.2. The summed E-state index contributed by atoms with van der Waals surface area (Å²) in [5.74, 6) is 0.980. The zero-order valence-corrected chi connectivity index (χ0v) is 13.7. The van der Waals surface area contributed by atoms with Crippen molar-refractivity contribution in [1.82, 2.24) is 4.90 Å². The molecule has 2 amide bonds. The van der Waals surface area contributed by atoms with E-state index < -0.39 is 0 Å². The molecular weight excluding hydrogens is 288 g/mol. The quantitative estimate of drug-likeness (QED) is 0.842. The zero-order chi connectivity index (χ0) is 16.0.